The summed E-state index contributed by atoms with van der Waals surface area (Å²) in [6.45, 7) is 5.23. The van der Waals surface area contributed by atoms with Gasteiger partial charge in [0.15, 0.2) is 0 Å². The minimum Gasteiger partial charge on any atom is -0.466 e. The van der Waals surface area contributed by atoms with Gasteiger partial charge in [-0.25, -0.2) is 0 Å². The summed E-state index contributed by atoms with van der Waals surface area (Å²) in [4.78, 5) is 10.8. The standard InChI is InChI=1S/C9H19NO2/c1-8(2)4-3-7-12-9(11)5-6-10/h8H,3-7,10H2,1-2H3. The van der Waals surface area contributed by atoms with Gasteiger partial charge in [-0.2, -0.15) is 0 Å². The molecule has 0 spiro atoms. The van der Waals surface area contributed by atoms with E-state index in [4.69, 9.17) is 10.5 Å². The average molecular weight is 173 g/mol. The lowest BCUT2D eigenvalue weighted by Gasteiger charge is -2.05. The van der Waals surface area contributed by atoms with E-state index in [1.54, 1.807) is 0 Å². The monoisotopic (exact) mass is 173 g/mol. The number of carbonyl (C=O) groups is 1. The van der Waals surface area contributed by atoms with Crippen molar-refractivity contribution in [1.82, 2.24) is 0 Å². The Hall–Kier alpha value is -0.570. The zero-order chi connectivity index (χ0) is 9.40. The molecule has 0 aliphatic rings. The Morgan fingerprint density at radius 3 is 2.67 bits per heavy atom. The molecule has 2 N–H and O–H groups in total. The molecule has 0 aromatic heterocycles. The molecule has 0 saturated heterocycles. The summed E-state index contributed by atoms with van der Waals surface area (Å²) in [5.41, 5.74) is 5.18. The number of rotatable bonds is 6. The zero-order valence-electron chi connectivity index (χ0n) is 8.01. The van der Waals surface area contributed by atoms with Crippen LogP contribution in [0.15, 0.2) is 0 Å². The molecular weight excluding hydrogens is 154 g/mol. The number of esters is 1. The van der Waals surface area contributed by atoms with Crippen molar-refractivity contribution in [3.63, 3.8) is 0 Å². The molecule has 3 heteroatoms. The number of hydrogen-bond donors (Lipinski definition) is 1. The molecule has 0 radical (unpaired) electrons. The maximum Gasteiger partial charge on any atom is 0.307 e. The highest BCUT2D eigenvalue weighted by Crippen LogP contribution is 2.03. The van der Waals surface area contributed by atoms with Crippen molar-refractivity contribution in [2.45, 2.75) is 33.1 Å². The van der Waals surface area contributed by atoms with Crippen molar-refractivity contribution in [1.29, 1.82) is 0 Å². The van der Waals surface area contributed by atoms with Crippen LogP contribution in [0, 0.1) is 5.92 Å². The first-order chi connectivity index (χ1) is 5.66. The molecule has 0 unspecified atom stereocenters. The lowest BCUT2D eigenvalue weighted by molar-refractivity contribution is -0.143. The molecule has 0 amide bonds. The average Bonchev–Trinajstić information content (AvgIpc) is 1.98. The number of hydrogen-bond acceptors (Lipinski definition) is 3. The van der Waals surface area contributed by atoms with Gasteiger partial charge in [0, 0.05) is 6.54 Å². The number of nitrogens with two attached hydrogens (primary N) is 1. The van der Waals surface area contributed by atoms with E-state index in [-0.39, 0.29) is 5.97 Å². The van der Waals surface area contributed by atoms with Crippen LogP contribution in [0.3, 0.4) is 0 Å². The Bertz CT molecular complexity index is 124. The smallest absolute Gasteiger partial charge is 0.307 e. The van der Waals surface area contributed by atoms with Gasteiger partial charge in [-0.05, 0) is 18.8 Å². The highest BCUT2D eigenvalue weighted by atomic mass is 16.5. The van der Waals surface area contributed by atoms with Gasteiger partial charge in [-0.1, -0.05) is 13.8 Å². The Labute approximate surface area is 74.3 Å². The second kappa shape index (κ2) is 7.10. The molecule has 0 atom stereocenters. The predicted molar refractivity (Wildman–Crippen MR) is 48.7 cm³/mol. The van der Waals surface area contributed by atoms with Crippen LogP contribution < -0.4 is 5.73 Å². The highest BCUT2D eigenvalue weighted by molar-refractivity contribution is 5.69. The summed E-state index contributed by atoms with van der Waals surface area (Å²) in [6, 6.07) is 0. The van der Waals surface area contributed by atoms with E-state index in [0.29, 0.717) is 25.5 Å². The normalized spacial score (nSPS) is 10.3. The Kier molecular flexibility index (Phi) is 6.76. The quantitative estimate of drug-likeness (QED) is 0.487. The molecule has 72 valence electrons. The molecule has 0 aliphatic carbocycles. The van der Waals surface area contributed by atoms with Gasteiger partial charge in [0.1, 0.15) is 0 Å². The first-order valence-corrected chi connectivity index (χ1v) is 4.52. The molecule has 0 aromatic rings. The summed E-state index contributed by atoms with van der Waals surface area (Å²) in [7, 11) is 0. The van der Waals surface area contributed by atoms with Crippen molar-refractivity contribution >= 4 is 5.97 Å². The van der Waals surface area contributed by atoms with E-state index in [2.05, 4.69) is 13.8 Å². The number of carbonyl (C=O) groups excluding carboxylic acids is 1. The van der Waals surface area contributed by atoms with Gasteiger partial charge in [0.25, 0.3) is 0 Å². The molecule has 0 fully saturated rings. The molecule has 3 nitrogen and oxygen atoms in total. The largest absolute Gasteiger partial charge is 0.466 e. The molecule has 0 aromatic carbocycles. The molecule has 0 bridgehead atoms. The molecule has 0 saturated carbocycles. The van der Waals surface area contributed by atoms with Crippen molar-refractivity contribution in [2.75, 3.05) is 13.2 Å². The first-order valence-electron chi connectivity index (χ1n) is 4.52. The third-order valence-electron chi connectivity index (χ3n) is 1.54. The second-order valence-electron chi connectivity index (χ2n) is 3.30. The summed E-state index contributed by atoms with van der Waals surface area (Å²) in [5, 5.41) is 0. The third kappa shape index (κ3) is 7.54. The summed E-state index contributed by atoms with van der Waals surface area (Å²) in [5.74, 6) is 0.500. The van der Waals surface area contributed by atoms with E-state index in [0.717, 1.165) is 12.8 Å². The SMILES string of the molecule is CC(C)CCCOC(=O)CCN. The lowest BCUT2D eigenvalue weighted by atomic mass is 10.1. The minimum atomic E-state index is -0.179. The molecule has 12 heavy (non-hydrogen) atoms. The van der Waals surface area contributed by atoms with Crippen LogP contribution in [0.1, 0.15) is 33.1 Å². The molecular formula is C9H19NO2. The van der Waals surface area contributed by atoms with Crippen molar-refractivity contribution in [2.24, 2.45) is 11.7 Å². The number of ether oxygens (including phenoxy) is 1. The van der Waals surface area contributed by atoms with Crippen molar-refractivity contribution in [3.8, 4) is 0 Å². The lowest BCUT2D eigenvalue weighted by Crippen LogP contribution is -2.12. The second-order valence-corrected chi connectivity index (χ2v) is 3.30. The van der Waals surface area contributed by atoms with Gasteiger partial charge < -0.3 is 10.5 Å². The molecule has 0 aliphatic heterocycles. The van der Waals surface area contributed by atoms with Gasteiger partial charge in [-0.15, -0.1) is 0 Å². The summed E-state index contributed by atoms with van der Waals surface area (Å²) >= 11 is 0. The fraction of sp³-hybridized carbons (Fsp3) is 0.889. The fourth-order valence-corrected chi connectivity index (χ4v) is 0.868. The van der Waals surface area contributed by atoms with Crippen LogP contribution in [0.2, 0.25) is 0 Å². The van der Waals surface area contributed by atoms with Gasteiger partial charge >= 0.3 is 5.97 Å². The van der Waals surface area contributed by atoms with Crippen LogP contribution in [0.25, 0.3) is 0 Å². The summed E-state index contributed by atoms with van der Waals surface area (Å²) in [6.07, 6.45) is 2.39. The van der Waals surface area contributed by atoms with Crippen molar-refractivity contribution < 1.29 is 9.53 Å². The maximum atomic E-state index is 10.8. The van der Waals surface area contributed by atoms with E-state index in [1.165, 1.54) is 0 Å². The molecule has 0 heterocycles. The van der Waals surface area contributed by atoms with Crippen LogP contribution in [-0.2, 0) is 9.53 Å². The fourth-order valence-electron chi connectivity index (χ4n) is 0.868. The van der Waals surface area contributed by atoms with Gasteiger partial charge in [0.2, 0.25) is 0 Å². The topological polar surface area (TPSA) is 52.3 Å². The first kappa shape index (κ1) is 11.4. The Morgan fingerprint density at radius 1 is 1.50 bits per heavy atom. The minimum absolute atomic E-state index is 0.179. The zero-order valence-corrected chi connectivity index (χ0v) is 8.01. The third-order valence-corrected chi connectivity index (χ3v) is 1.54. The highest BCUT2D eigenvalue weighted by Gasteiger charge is 2.00. The Morgan fingerprint density at radius 2 is 2.17 bits per heavy atom. The van der Waals surface area contributed by atoms with Gasteiger partial charge in [-0.3, -0.25) is 4.79 Å². The Balaban J connectivity index is 3.14. The van der Waals surface area contributed by atoms with Crippen LogP contribution >= 0.6 is 0 Å². The van der Waals surface area contributed by atoms with Crippen LogP contribution in [0.4, 0.5) is 0 Å². The van der Waals surface area contributed by atoms with E-state index < -0.39 is 0 Å². The van der Waals surface area contributed by atoms with Gasteiger partial charge in [0.05, 0.1) is 13.0 Å². The van der Waals surface area contributed by atoms with E-state index in [1.807, 2.05) is 0 Å². The maximum absolute atomic E-state index is 10.8. The van der Waals surface area contributed by atoms with E-state index >= 15 is 0 Å². The molecule has 0 rings (SSSR count). The predicted octanol–water partition coefficient (Wildman–Crippen LogP) is 1.31. The van der Waals surface area contributed by atoms with Crippen LogP contribution in [0.5, 0.6) is 0 Å². The summed E-state index contributed by atoms with van der Waals surface area (Å²) < 4.78 is 4.91. The van der Waals surface area contributed by atoms with E-state index in [9.17, 15) is 4.79 Å². The van der Waals surface area contributed by atoms with Crippen molar-refractivity contribution in [3.05, 3.63) is 0 Å². The van der Waals surface area contributed by atoms with Crippen LogP contribution in [-0.4, -0.2) is 19.1 Å².